The van der Waals surface area contributed by atoms with Crippen LogP contribution >= 0.6 is 11.6 Å². The molecule has 1 aromatic heterocycles. The van der Waals surface area contributed by atoms with Crippen molar-refractivity contribution >= 4 is 35.1 Å². The largest absolute Gasteiger partial charge is 0.378 e. The van der Waals surface area contributed by atoms with Crippen molar-refractivity contribution in [3.8, 4) is 0 Å². The molecule has 2 aromatic rings. The summed E-state index contributed by atoms with van der Waals surface area (Å²) in [4.78, 5) is 15.5. The average molecular weight is 347 g/mol. The van der Waals surface area contributed by atoms with E-state index in [1.165, 1.54) is 0 Å². The number of anilines is 4. The molecule has 0 bridgehead atoms. The fourth-order valence-electron chi connectivity index (χ4n) is 2.23. The Morgan fingerprint density at radius 2 is 1.83 bits per heavy atom. The zero-order valence-electron chi connectivity index (χ0n) is 13.2. The topological polar surface area (TPSA) is 75.2 Å². The van der Waals surface area contributed by atoms with Crippen molar-refractivity contribution in [1.29, 1.82) is 0 Å². The zero-order valence-corrected chi connectivity index (χ0v) is 14.0. The maximum absolute atomic E-state index is 5.92. The molecular formula is C16H19ClN6O. The molecule has 0 atom stereocenters. The van der Waals surface area contributed by atoms with Crippen LogP contribution in [0.3, 0.4) is 0 Å². The molecular weight excluding hydrogens is 328 g/mol. The predicted octanol–water partition coefficient (Wildman–Crippen LogP) is 2.70. The molecule has 0 aliphatic carbocycles. The molecule has 0 unspecified atom stereocenters. The standard InChI is InChI=1S/C16H19ClN6O/c1-2-7-18-14-20-15(19-13-5-3-12(17)4-6-13)22-16(21-14)23-8-10-24-11-9-23/h2-6H,1,7-11H2,(H2,18,19,20,21,22). The number of hydrogen-bond donors (Lipinski definition) is 2. The molecule has 1 aromatic carbocycles. The lowest BCUT2D eigenvalue weighted by atomic mass is 10.3. The number of hydrogen-bond acceptors (Lipinski definition) is 7. The van der Waals surface area contributed by atoms with Gasteiger partial charge in [0.25, 0.3) is 0 Å². The van der Waals surface area contributed by atoms with Gasteiger partial charge in [-0.1, -0.05) is 17.7 Å². The van der Waals surface area contributed by atoms with Crippen LogP contribution in [0.4, 0.5) is 23.5 Å². The van der Waals surface area contributed by atoms with Crippen molar-refractivity contribution in [3.63, 3.8) is 0 Å². The summed E-state index contributed by atoms with van der Waals surface area (Å²) in [7, 11) is 0. The first-order chi connectivity index (χ1) is 11.7. The molecule has 0 radical (unpaired) electrons. The van der Waals surface area contributed by atoms with Crippen LogP contribution in [0.5, 0.6) is 0 Å². The maximum atomic E-state index is 5.92. The predicted molar refractivity (Wildman–Crippen MR) is 96.3 cm³/mol. The van der Waals surface area contributed by atoms with Crippen LogP contribution in [0.1, 0.15) is 0 Å². The van der Waals surface area contributed by atoms with Gasteiger partial charge in [-0.05, 0) is 24.3 Å². The van der Waals surface area contributed by atoms with Crippen molar-refractivity contribution < 1.29 is 4.74 Å². The van der Waals surface area contributed by atoms with E-state index in [0.717, 1.165) is 18.8 Å². The summed E-state index contributed by atoms with van der Waals surface area (Å²) in [5, 5.41) is 6.97. The Hall–Kier alpha value is -2.38. The molecule has 1 fully saturated rings. The van der Waals surface area contributed by atoms with E-state index in [9.17, 15) is 0 Å². The second-order valence-corrected chi connectivity index (χ2v) is 5.62. The molecule has 1 aliphatic rings. The summed E-state index contributed by atoms with van der Waals surface area (Å²) in [6.45, 7) is 7.12. The molecule has 126 valence electrons. The molecule has 8 heteroatoms. The number of benzene rings is 1. The van der Waals surface area contributed by atoms with Gasteiger partial charge in [-0.15, -0.1) is 6.58 Å². The Labute approximate surface area is 145 Å². The van der Waals surface area contributed by atoms with E-state index >= 15 is 0 Å². The summed E-state index contributed by atoms with van der Waals surface area (Å²) < 4.78 is 5.38. The van der Waals surface area contributed by atoms with Crippen LogP contribution in [0, 0.1) is 0 Å². The molecule has 0 spiro atoms. The molecule has 0 amide bonds. The normalized spacial score (nSPS) is 14.3. The fourth-order valence-corrected chi connectivity index (χ4v) is 2.36. The van der Waals surface area contributed by atoms with Crippen LogP contribution < -0.4 is 15.5 Å². The minimum Gasteiger partial charge on any atom is -0.378 e. The van der Waals surface area contributed by atoms with E-state index in [0.29, 0.717) is 42.6 Å². The highest BCUT2D eigenvalue weighted by Gasteiger charge is 2.16. The van der Waals surface area contributed by atoms with Crippen LogP contribution in [0.2, 0.25) is 5.02 Å². The number of morpholine rings is 1. The van der Waals surface area contributed by atoms with Gasteiger partial charge in [0.1, 0.15) is 0 Å². The Balaban J connectivity index is 1.85. The minimum absolute atomic E-state index is 0.473. The first-order valence-corrected chi connectivity index (χ1v) is 8.08. The van der Waals surface area contributed by atoms with E-state index in [1.54, 1.807) is 6.08 Å². The summed E-state index contributed by atoms with van der Waals surface area (Å²) in [6, 6.07) is 7.37. The van der Waals surface area contributed by atoms with Crippen LogP contribution in [-0.4, -0.2) is 47.8 Å². The Bertz CT molecular complexity index is 687. The van der Waals surface area contributed by atoms with Gasteiger partial charge in [-0.2, -0.15) is 15.0 Å². The molecule has 2 N–H and O–H groups in total. The van der Waals surface area contributed by atoms with Gasteiger partial charge in [0.15, 0.2) is 0 Å². The average Bonchev–Trinajstić information content (AvgIpc) is 2.62. The quantitative estimate of drug-likeness (QED) is 0.779. The highest BCUT2D eigenvalue weighted by Crippen LogP contribution is 2.20. The van der Waals surface area contributed by atoms with Crippen molar-refractivity contribution in [2.24, 2.45) is 0 Å². The van der Waals surface area contributed by atoms with E-state index in [2.05, 4.69) is 37.1 Å². The maximum Gasteiger partial charge on any atom is 0.233 e. The molecule has 7 nitrogen and oxygen atoms in total. The number of nitrogens with one attached hydrogen (secondary N) is 2. The monoisotopic (exact) mass is 346 g/mol. The fraction of sp³-hybridized carbons (Fsp3) is 0.312. The van der Waals surface area contributed by atoms with Gasteiger partial charge in [-0.3, -0.25) is 0 Å². The minimum atomic E-state index is 0.473. The summed E-state index contributed by atoms with van der Waals surface area (Å²) in [5.74, 6) is 1.60. The van der Waals surface area contributed by atoms with Crippen LogP contribution in [-0.2, 0) is 4.74 Å². The first-order valence-electron chi connectivity index (χ1n) is 7.71. The summed E-state index contributed by atoms with van der Waals surface area (Å²) >= 11 is 5.92. The van der Waals surface area contributed by atoms with Crippen molar-refractivity contribution in [3.05, 3.63) is 41.9 Å². The van der Waals surface area contributed by atoms with Gasteiger partial charge in [0.2, 0.25) is 17.8 Å². The van der Waals surface area contributed by atoms with Gasteiger partial charge in [-0.25, -0.2) is 0 Å². The lowest BCUT2D eigenvalue weighted by molar-refractivity contribution is 0.122. The number of rotatable bonds is 6. The Kier molecular flexibility index (Phi) is 5.45. The zero-order chi connectivity index (χ0) is 16.8. The summed E-state index contributed by atoms with van der Waals surface area (Å²) in [5.41, 5.74) is 0.855. The number of aromatic nitrogens is 3. The first kappa shape index (κ1) is 16.5. The third-order valence-corrected chi connectivity index (χ3v) is 3.67. The molecule has 24 heavy (non-hydrogen) atoms. The highest BCUT2D eigenvalue weighted by molar-refractivity contribution is 6.30. The molecule has 1 aliphatic heterocycles. The second-order valence-electron chi connectivity index (χ2n) is 5.18. The Morgan fingerprint density at radius 1 is 1.12 bits per heavy atom. The van der Waals surface area contributed by atoms with E-state index in [1.807, 2.05) is 24.3 Å². The van der Waals surface area contributed by atoms with Gasteiger partial charge >= 0.3 is 0 Å². The van der Waals surface area contributed by atoms with Crippen molar-refractivity contribution in [2.75, 3.05) is 48.4 Å². The molecule has 2 heterocycles. The molecule has 0 saturated carbocycles. The number of ether oxygens (including phenoxy) is 1. The third-order valence-electron chi connectivity index (χ3n) is 3.42. The number of nitrogens with zero attached hydrogens (tertiary/aromatic N) is 4. The van der Waals surface area contributed by atoms with E-state index < -0.39 is 0 Å². The lowest BCUT2D eigenvalue weighted by Gasteiger charge is -2.27. The van der Waals surface area contributed by atoms with Gasteiger partial charge in [0.05, 0.1) is 13.2 Å². The highest BCUT2D eigenvalue weighted by atomic mass is 35.5. The number of halogens is 1. The second kappa shape index (κ2) is 7.94. The SMILES string of the molecule is C=CCNc1nc(Nc2ccc(Cl)cc2)nc(N2CCOCC2)n1. The van der Waals surface area contributed by atoms with Crippen LogP contribution in [0.25, 0.3) is 0 Å². The third kappa shape index (κ3) is 4.33. The van der Waals surface area contributed by atoms with Gasteiger partial charge < -0.3 is 20.3 Å². The van der Waals surface area contributed by atoms with E-state index in [-0.39, 0.29) is 0 Å². The van der Waals surface area contributed by atoms with Crippen LogP contribution in [0.15, 0.2) is 36.9 Å². The van der Waals surface area contributed by atoms with Crippen molar-refractivity contribution in [1.82, 2.24) is 15.0 Å². The summed E-state index contributed by atoms with van der Waals surface area (Å²) in [6.07, 6.45) is 1.75. The van der Waals surface area contributed by atoms with Gasteiger partial charge in [0, 0.05) is 30.3 Å². The molecule has 3 rings (SSSR count). The smallest absolute Gasteiger partial charge is 0.233 e. The molecule has 1 saturated heterocycles. The lowest BCUT2D eigenvalue weighted by Crippen LogP contribution is -2.37. The van der Waals surface area contributed by atoms with E-state index in [4.69, 9.17) is 16.3 Å². The Morgan fingerprint density at radius 3 is 2.54 bits per heavy atom. The van der Waals surface area contributed by atoms with Crippen molar-refractivity contribution in [2.45, 2.75) is 0 Å².